The molecule has 0 fully saturated rings. The van der Waals surface area contributed by atoms with Crippen molar-refractivity contribution in [1.29, 1.82) is 0 Å². The lowest BCUT2D eigenvalue weighted by atomic mass is 10.2. The summed E-state index contributed by atoms with van der Waals surface area (Å²) in [6, 6.07) is 8.12. The molecule has 0 spiro atoms. The highest BCUT2D eigenvalue weighted by atomic mass is 16.2. The first-order chi connectivity index (χ1) is 9.54. The zero-order valence-corrected chi connectivity index (χ0v) is 11.0. The number of benzene rings is 1. The van der Waals surface area contributed by atoms with E-state index in [1.54, 1.807) is 48.3 Å². The maximum Gasteiger partial charge on any atom is 0.251 e. The molecule has 0 saturated heterocycles. The average molecular weight is 273 g/mol. The molecule has 1 heterocycles. The summed E-state index contributed by atoms with van der Waals surface area (Å²) in [5.74, 6) is -0.229. The molecule has 1 aromatic carbocycles. The highest BCUT2D eigenvalue weighted by Crippen LogP contribution is 2.05. The summed E-state index contributed by atoms with van der Waals surface area (Å²) in [4.78, 5) is 23.4. The molecular formula is C13H15N5O2. The van der Waals surface area contributed by atoms with Crippen molar-refractivity contribution >= 4 is 23.3 Å². The lowest BCUT2D eigenvalue weighted by Gasteiger charge is -2.05. The second kappa shape index (κ2) is 5.87. The number of rotatable bonds is 4. The molecule has 2 rings (SSSR count). The maximum absolute atomic E-state index is 11.8. The number of nitrogens with one attached hydrogen (secondary N) is 2. The maximum atomic E-state index is 11.8. The molecule has 0 unspecified atom stereocenters. The number of nitrogen functional groups attached to an aromatic ring is 1. The number of nitrogens with zero attached hydrogens (tertiary/aromatic N) is 2. The van der Waals surface area contributed by atoms with Gasteiger partial charge in [-0.15, -0.1) is 0 Å². The Morgan fingerprint density at radius 2 is 1.95 bits per heavy atom. The standard InChI is InChI=1S/C13H15N5O2/c1-18-7-6-11(17-18)16-12(19)8-15-13(20)9-2-4-10(14)5-3-9/h2-7H,8,14H2,1H3,(H,15,20)(H,16,17,19). The molecule has 4 N–H and O–H groups in total. The van der Waals surface area contributed by atoms with Gasteiger partial charge in [-0.3, -0.25) is 14.3 Å². The fourth-order valence-electron chi connectivity index (χ4n) is 1.57. The topological polar surface area (TPSA) is 102 Å². The summed E-state index contributed by atoms with van der Waals surface area (Å²) >= 11 is 0. The molecular weight excluding hydrogens is 258 g/mol. The van der Waals surface area contributed by atoms with Crippen molar-refractivity contribution in [3.63, 3.8) is 0 Å². The van der Waals surface area contributed by atoms with Gasteiger partial charge in [-0.25, -0.2) is 0 Å². The van der Waals surface area contributed by atoms with E-state index >= 15 is 0 Å². The molecule has 0 radical (unpaired) electrons. The quantitative estimate of drug-likeness (QED) is 0.700. The van der Waals surface area contributed by atoms with Crippen LogP contribution >= 0.6 is 0 Å². The molecule has 0 saturated carbocycles. The molecule has 0 bridgehead atoms. The van der Waals surface area contributed by atoms with E-state index in [1.165, 1.54) is 0 Å². The van der Waals surface area contributed by atoms with Crippen LogP contribution in [-0.4, -0.2) is 28.1 Å². The third-order valence-corrected chi connectivity index (χ3v) is 2.56. The largest absolute Gasteiger partial charge is 0.399 e. The van der Waals surface area contributed by atoms with Gasteiger partial charge in [0.15, 0.2) is 5.82 Å². The van der Waals surface area contributed by atoms with Crippen LogP contribution in [0, 0.1) is 0 Å². The van der Waals surface area contributed by atoms with Crippen LogP contribution in [0.1, 0.15) is 10.4 Å². The summed E-state index contributed by atoms with van der Waals surface area (Å²) in [5, 5.41) is 9.10. The first-order valence-corrected chi connectivity index (χ1v) is 5.98. The summed E-state index contributed by atoms with van der Waals surface area (Å²) in [6.07, 6.45) is 1.71. The molecule has 20 heavy (non-hydrogen) atoms. The Morgan fingerprint density at radius 3 is 2.55 bits per heavy atom. The third-order valence-electron chi connectivity index (χ3n) is 2.56. The second-order valence-electron chi connectivity index (χ2n) is 4.23. The number of anilines is 2. The number of hydrogen-bond donors (Lipinski definition) is 3. The Hall–Kier alpha value is -2.83. The third kappa shape index (κ3) is 3.58. The number of aromatic nitrogens is 2. The number of nitrogens with two attached hydrogens (primary N) is 1. The summed E-state index contributed by atoms with van der Waals surface area (Å²) in [7, 11) is 1.75. The van der Waals surface area contributed by atoms with Gasteiger partial charge < -0.3 is 16.4 Å². The lowest BCUT2D eigenvalue weighted by molar-refractivity contribution is -0.115. The van der Waals surface area contributed by atoms with Crippen molar-refractivity contribution in [3.05, 3.63) is 42.1 Å². The van der Waals surface area contributed by atoms with E-state index in [9.17, 15) is 9.59 Å². The van der Waals surface area contributed by atoms with Gasteiger partial charge in [-0.2, -0.15) is 5.10 Å². The fraction of sp³-hybridized carbons (Fsp3) is 0.154. The summed E-state index contributed by atoms with van der Waals surface area (Å²) in [6.45, 7) is -0.125. The van der Waals surface area contributed by atoms with Crippen molar-refractivity contribution in [3.8, 4) is 0 Å². The zero-order valence-electron chi connectivity index (χ0n) is 11.0. The van der Waals surface area contributed by atoms with Gasteiger partial charge >= 0.3 is 0 Å². The van der Waals surface area contributed by atoms with Crippen LogP contribution in [0.5, 0.6) is 0 Å². The van der Waals surface area contributed by atoms with E-state index in [-0.39, 0.29) is 18.4 Å². The predicted molar refractivity (Wildman–Crippen MR) is 75.0 cm³/mol. The van der Waals surface area contributed by atoms with Crippen molar-refractivity contribution in [2.24, 2.45) is 7.05 Å². The molecule has 0 atom stereocenters. The molecule has 104 valence electrons. The fourth-order valence-corrected chi connectivity index (χ4v) is 1.57. The van der Waals surface area contributed by atoms with Crippen LogP contribution < -0.4 is 16.4 Å². The Bertz CT molecular complexity index is 618. The smallest absolute Gasteiger partial charge is 0.251 e. The van der Waals surface area contributed by atoms with Crippen LogP contribution in [0.4, 0.5) is 11.5 Å². The molecule has 0 aliphatic carbocycles. The minimum Gasteiger partial charge on any atom is -0.399 e. The number of hydrogen-bond acceptors (Lipinski definition) is 4. The zero-order chi connectivity index (χ0) is 14.5. The van der Waals surface area contributed by atoms with E-state index in [0.29, 0.717) is 17.1 Å². The highest BCUT2D eigenvalue weighted by molar-refractivity contribution is 5.99. The molecule has 0 aliphatic heterocycles. The van der Waals surface area contributed by atoms with E-state index < -0.39 is 0 Å². The lowest BCUT2D eigenvalue weighted by Crippen LogP contribution is -2.32. The minimum absolute atomic E-state index is 0.125. The van der Waals surface area contributed by atoms with Crippen molar-refractivity contribution < 1.29 is 9.59 Å². The van der Waals surface area contributed by atoms with Crippen LogP contribution in [0.15, 0.2) is 36.5 Å². The normalized spacial score (nSPS) is 10.1. The van der Waals surface area contributed by atoms with Gasteiger partial charge in [-0.1, -0.05) is 0 Å². The van der Waals surface area contributed by atoms with Gasteiger partial charge in [0.05, 0.1) is 6.54 Å². The number of amides is 2. The van der Waals surface area contributed by atoms with Gasteiger partial charge in [-0.05, 0) is 24.3 Å². The molecule has 1 aromatic heterocycles. The monoisotopic (exact) mass is 273 g/mol. The Morgan fingerprint density at radius 1 is 1.25 bits per heavy atom. The van der Waals surface area contributed by atoms with Crippen molar-refractivity contribution in [2.45, 2.75) is 0 Å². The van der Waals surface area contributed by atoms with Gasteiger partial charge in [0.25, 0.3) is 5.91 Å². The second-order valence-corrected chi connectivity index (χ2v) is 4.23. The molecule has 2 aromatic rings. The van der Waals surface area contributed by atoms with Crippen LogP contribution in [-0.2, 0) is 11.8 Å². The SMILES string of the molecule is Cn1ccc(NC(=O)CNC(=O)c2ccc(N)cc2)n1. The van der Waals surface area contributed by atoms with E-state index in [1.807, 2.05) is 0 Å². The summed E-state index contributed by atoms with van der Waals surface area (Å²) < 4.78 is 1.57. The van der Waals surface area contributed by atoms with E-state index in [2.05, 4.69) is 15.7 Å². The molecule has 2 amide bonds. The predicted octanol–water partition coefficient (Wildman–Crippen LogP) is 0.371. The van der Waals surface area contributed by atoms with Crippen LogP contribution in [0.25, 0.3) is 0 Å². The highest BCUT2D eigenvalue weighted by Gasteiger charge is 2.08. The molecule has 0 aliphatic rings. The van der Waals surface area contributed by atoms with E-state index in [0.717, 1.165) is 0 Å². The molecule has 7 nitrogen and oxygen atoms in total. The van der Waals surface area contributed by atoms with Gasteiger partial charge in [0.1, 0.15) is 0 Å². The van der Waals surface area contributed by atoms with Crippen LogP contribution in [0.3, 0.4) is 0 Å². The van der Waals surface area contributed by atoms with Gasteiger partial charge in [0, 0.05) is 30.6 Å². The number of carbonyl (C=O) groups excluding carboxylic acids is 2. The van der Waals surface area contributed by atoms with Crippen LogP contribution in [0.2, 0.25) is 0 Å². The first kappa shape index (κ1) is 13.6. The molecule has 7 heteroatoms. The number of carbonyl (C=O) groups is 2. The Balaban J connectivity index is 1.84. The number of aryl methyl sites for hydroxylation is 1. The van der Waals surface area contributed by atoms with Crippen molar-refractivity contribution in [2.75, 3.05) is 17.6 Å². The Labute approximate surface area is 115 Å². The Kier molecular flexibility index (Phi) is 3.99. The first-order valence-electron chi connectivity index (χ1n) is 5.98. The van der Waals surface area contributed by atoms with Gasteiger partial charge in [0.2, 0.25) is 5.91 Å². The summed E-state index contributed by atoms with van der Waals surface area (Å²) in [5.41, 5.74) is 6.56. The van der Waals surface area contributed by atoms with E-state index in [4.69, 9.17) is 5.73 Å². The average Bonchev–Trinajstić information content (AvgIpc) is 2.82. The minimum atomic E-state index is -0.340. The van der Waals surface area contributed by atoms with Crippen molar-refractivity contribution in [1.82, 2.24) is 15.1 Å².